The highest BCUT2D eigenvalue weighted by Gasteiger charge is 2.11. The number of nitrogen functional groups attached to an aromatic ring is 1. The Morgan fingerprint density at radius 1 is 1.29 bits per heavy atom. The van der Waals surface area contributed by atoms with Gasteiger partial charge in [0.1, 0.15) is 0 Å². The molecular formula is C15H19ClN4O. The monoisotopic (exact) mass is 306 g/mol. The molecule has 1 heterocycles. The minimum Gasteiger partial charge on any atom is -0.478 e. The molecule has 1 aromatic heterocycles. The second kappa shape index (κ2) is 6.63. The number of nitrogens with two attached hydrogens (primary N) is 1. The van der Waals surface area contributed by atoms with E-state index in [1.807, 2.05) is 37.9 Å². The molecule has 21 heavy (non-hydrogen) atoms. The highest BCUT2D eigenvalue weighted by Crippen LogP contribution is 2.22. The highest BCUT2D eigenvalue weighted by atomic mass is 35.5. The molecule has 0 fully saturated rings. The van der Waals surface area contributed by atoms with Crippen molar-refractivity contribution < 1.29 is 4.74 Å². The van der Waals surface area contributed by atoms with E-state index in [4.69, 9.17) is 22.1 Å². The summed E-state index contributed by atoms with van der Waals surface area (Å²) < 4.78 is 5.45. The van der Waals surface area contributed by atoms with Crippen molar-refractivity contribution in [3.63, 3.8) is 0 Å². The predicted octanol–water partition coefficient (Wildman–Crippen LogP) is 3.06. The van der Waals surface area contributed by atoms with Gasteiger partial charge in [0.2, 0.25) is 11.8 Å². The van der Waals surface area contributed by atoms with E-state index in [1.165, 1.54) is 0 Å². The minimum absolute atomic E-state index is 0.568. The zero-order chi connectivity index (χ0) is 15.4. The van der Waals surface area contributed by atoms with Gasteiger partial charge in [-0.2, -0.15) is 4.98 Å². The van der Waals surface area contributed by atoms with Crippen LogP contribution < -0.4 is 15.4 Å². The lowest BCUT2D eigenvalue weighted by Gasteiger charge is -2.19. The van der Waals surface area contributed by atoms with Crippen LogP contribution in [0.1, 0.15) is 18.2 Å². The lowest BCUT2D eigenvalue weighted by atomic mass is 10.2. The van der Waals surface area contributed by atoms with E-state index in [2.05, 4.69) is 9.97 Å². The second-order valence-corrected chi connectivity index (χ2v) is 5.19. The molecule has 5 nitrogen and oxygen atoms in total. The minimum atomic E-state index is 0.568. The number of ether oxygens (including phenoxy) is 1. The Morgan fingerprint density at radius 3 is 2.76 bits per heavy atom. The summed E-state index contributed by atoms with van der Waals surface area (Å²) in [5, 5.41) is 0.675. The zero-order valence-corrected chi connectivity index (χ0v) is 13.2. The molecule has 0 amide bonds. The van der Waals surface area contributed by atoms with Crippen LogP contribution in [0.3, 0.4) is 0 Å². The third kappa shape index (κ3) is 3.98. The fourth-order valence-corrected chi connectivity index (χ4v) is 2.14. The number of aromatic nitrogens is 2. The van der Waals surface area contributed by atoms with E-state index in [-0.39, 0.29) is 0 Å². The van der Waals surface area contributed by atoms with Crippen LogP contribution in [0.25, 0.3) is 0 Å². The Kier molecular flexibility index (Phi) is 4.85. The molecule has 0 aliphatic rings. The molecule has 0 bridgehead atoms. The number of rotatable bonds is 5. The van der Waals surface area contributed by atoms with Gasteiger partial charge in [0.05, 0.1) is 6.61 Å². The van der Waals surface area contributed by atoms with Gasteiger partial charge >= 0.3 is 0 Å². The Hall–Kier alpha value is -2.01. The Labute approximate surface area is 129 Å². The number of hydrogen-bond acceptors (Lipinski definition) is 5. The van der Waals surface area contributed by atoms with Gasteiger partial charge in [-0.25, -0.2) is 4.98 Å². The van der Waals surface area contributed by atoms with Crippen molar-refractivity contribution in [1.29, 1.82) is 0 Å². The number of halogens is 1. The normalized spacial score (nSPS) is 10.5. The number of hydrogen-bond donors (Lipinski definition) is 1. The number of benzene rings is 1. The largest absolute Gasteiger partial charge is 0.478 e. The van der Waals surface area contributed by atoms with E-state index < -0.39 is 0 Å². The van der Waals surface area contributed by atoms with Crippen LogP contribution in [0.15, 0.2) is 24.3 Å². The number of aryl methyl sites for hydroxylation is 1. The molecule has 0 aliphatic heterocycles. The molecule has 0 unspecified atom stereocenters. The summed E-state index contributed by atoms with van der Waals surface area (Å²) >= 11 is 6.19. The van der Waals surface area contributed by atoms with E-state index >= 15 is 0 Å². The molecule has 6 heteroatoms. The van der Waals surface area contributed by atoms with Gasteiger partial charge < -0.3 is 15.4 Å². The van der Waals surface area contributed by atoms with Crippen molar-refractivity contribution in [2.45, 2.75) is 20.4 Å². The molecule has 2 aromatic rings. The highest BCUT2D eigenvalue weighted by molar-refractivity contribution is 6.31. The van der Waals surface area contributed by atoms with Crippen LogP contribution in [-0.4, -0.2) is 23.6 Å². The number of anilines is 2. The van der Waals surface area contributed by atoms with Gasteiger partial charge in [0.15, 0.2) is 0 Å². The van der Waals surface area contributed by atoms with Crippen molar-refractivity contribution in [2.24, 2.45) is 0 Å². The smallest absolute Gasteiger partial charge is 0.228 e. The average Bonchev–Trinajstić information content (AvgIpc) is 2.42. The summed E-state index contributed by atoms with van der Waals surface area (Å²) in [5.41, 5.74) is 8.27. The van der Waals surface area contributed by atoms with E-state index in [1.54, 1.807) is 12.1 Å². The first-order valence-corrected chi connectivity index (χ1v) is 7.11. The first kappa shape index (κ1) is 15.4. The van der Waals surface area contributed by atoms with Crippen molar-refractivity contribution in [3.05, 3.63) is 40.5 Å². The molecule has 112 valence electrons. The third-order valence-electron chi connectivity index (χ3n) is 2.93. The summed E-state index contributed by atoms with van der Waals surface area (Å²) in [6, 6.07) is 7.25. The maximum Gasteiger partial charge on any atom is 0.228 e. The van der Waals surface area contributed by atoms with Gasteiger partial charge in [-0.05, 0) is 37.6 Å². The Bertz CT molecular complexity index is 633. The van der Waals surface area contributed by atoms with Gasteiger partial charge in [-0.1, -0.05) is 11.6 Å². The molecule has 0 aliphatic carbocycles. The zero-order valence-electron chi connectivity index (χ0n) is 12.4. The van der Waals surface area contributed by atoms with Gasteiger partial charge in [0.25, 0.3) is 0 Å². The maximum atomic E-state index is 6.19. The Morgan fingerprint density at radius 2 is 2.05 bits per heavy atom. The van der Waals surface area contributed by atoms with Crippen molar-refractivity contribution in [3.8, 4) is 5.88 Å². The summed E-state index contributed by atoms with van der Waals surface area (Å²) in [6.45, 7) is 4.97. The predicted molar refractivity (Wildman–Crippen MR) is 85.9 cm³/mol. The summed E-state index contributed by atoms with van der Waals surface area (Å²) in [6.07, 6.45) is 0. The molecule has 0 saturated heterocycles. The van der Waals surface area contributed by atoms with Crippen LogP contribution in [0.5, 0.6) is 5.88 Å². The average molecular weight is 307 g/mol. The summed E-state index contributed by atoms with van der Waals surface area (Å²) in [7, 11) is 1.91. The SMILES string of the molecule is CCOc1cc(C)nc(N(C)Cc2cc(N)ccc2Cl)n1. The lowest BCUT2D eigenvalue weighted by Crippen LogP contribution is -2.20. The molecule has 1 aromatic carbocycles. The van der Waals surface area contributed by atoms with Gasteiger partial charge in [-0.15, -0.1) is 0 Å². The molecule has 0 saturated carbocycles. The lowest BCUT2D eigenvalue weighted by molar-refractivity contribution is 0.326. The van der Waals surface area contributed by atoms with Crippen LogP contribution in [0.4, 0.5) is 11.6 Å². The summed E-state index contributed by atoms with van der Waals surface area (Å²) in [5.74, 6) is 1.17. The van der Waals surface area contributed by atoms with Crippen molar-refractivity contribution in [2.75, 3.05) is 24.3 Å². The molecule has 2 rings (SSSR count). The van der Waals surface area contributed by atoms with E-state index in [9.17, 15) is 0 Å². The van der Waals surface area contributed by atoms with Crippen LogP contribution in [0, 0.1) is 6.92 Å². The van der Waals surface area contributed by atoms with Crippen LogP contribution in [-0.2, 0) is 6.54 Å². The number of nitrogens with zero attached hydrogens (tertiary/aromatic N) is 3. The standard InChI is InChI=1S/C15H19ClN4O/c1-4-21-14-7-10(2)18-15(19-14)20(3)9-11-8-12(17)5-6-13(11)16/h5-8H,4,9,17H2,1-3H3. The van der Waals surface area contributed by atoms with Crippen LogP contribution in [0.2, 0.25) is 5.02 Å². The molecule has 0 radical (unpaired) electrons. The van der Waals surface area contributed by atoms with Crippen molar-refractivity contribution >= 4 is 23.2 Å². The first-order chi connectivity index (χ1) is 9.99. The fourth-order valence-electron chi connectivity index (χ4n) is 1.96. The molecule has 0 atom stereocenters. The molecular weight excluding hydrogens is 288 g/mol. The quantitative estimate of drug-likeness (QED) is 0.860. The first-order valence-electron chi connectivity index (χ1n) is 6.73. The van der Waals surface area contributed by atoms with E-state index in [0.29, 0.717) is 35.7 Å². The second-order valence-electron chi connectivity index (χ2n) is 4.79. The molecule has 2 N–H and O–H groups in total. The Balaban J connectivity index is 2.23. The summed E-state index contributed by atoms with van der Waals surface area (Å²) in [4.78, 5) is 10.7. The third-order valence-corrected chi connectivity index (χ3v) is 3.30. The van der Waals surface area contributed by atoms with E-state index in [0.717, 1.165) is 11.3 Å². The molecule has 0 spiro atoms. The van der Waals surface area contributed by atoms with Crippen molar-refractivity contribution in [1.82, 2.24) is 9.97 Å². The topological polar surface area (TPSA) is 64.3 Å². The van der Waals surface area contributed by atoms with Gasteiger partial charge in [-0.3, -0.25) is 0 Å². The van der Waals surface area contributed by atoms with Crippen LogP contribution >= 0.6 is 11.6 Å². The fraction of sp³-hybridized carbons (Fsp3) is 0.333. The maximum absolute atomic E-state index is 6.19. The van der Waals surface area contributed by atoms with Gasteiger partial charge in [0, 0.05) is 36.1 Å².